The molecule has 5 nitrogen and oxygen atoms in total. The zero-order valence-electron chi connectivity index (χ0n) is 12.5. The molecule has 0 unspecified atom stereocenters. The molecule has 1 aromatic heterocycles. The minimum atomic E-state index is -0.397. The maximum absolute atomic E-state index is 12.8. The van der Waals surface area contributed by atoms with Gasteiger partial charge in [-0.2, -0.15) is 0 Å². The maximum atomic E-state index is 12.8. The molecule has 116 valence electrons. The lowest BCUT2D eigenvalue weighted by Crippen LogP contribution is -2.23. The van der Waals surface area contributed by atoms with Crippen LogP contribution >= 0.6 is 0 Å². The molecule has 1 amide bonds. The van der Waals surface area contributed by atoms with Gasteiger partial charge in [0.05, 0.1) is 12.2 Å². The molecule has 2 rings (SSSR count). The molecule has 1 heterocycles. The van der Waals surface area contributed by atoms with Crippen molar-refractivity contribution in [2.24, 2.45) is 0 Å². The number of oxazole rings is 1. The highest BCUT2D eigenvalue weighted by atomic mass is 19.1. The fraction of sp³-hybridized carbons (Fsp3) is 0.312. The van der Waals surface area contributed by atoms with Gasteiger partial charge in [-0.25, -0.2) is 9.37 Å². The summed E-state index contributed by atoms with van der Waals surface area (Å²) in [6, 6.07) is 5.27. The van der Waals surface area contributed by atoms with Crippen LogP contribution in [0.5, 0.6) is 0 Å². The molecule has 0 aliphatic carbocycles. The smallest absolute Gasteiger partial charge is 0.220 e. The number of halogens is 1. The Kier molecular flexibility index (Phi) is 5.04. The first-order valence-corrected chi connectivity index (χ1v) is 6.94. The second-order valence-corrected chi connectivity index (χ2v) is 4.96. The van der Waals surface area contributed by atoms with Crippen molar-refractivity contribution in [3.63, 3.8) is 0 Å². The molecule has 1 aromatic carbocycles. The molecular weight excluding hydrogens is 287 g/mol. The quantitative estimate of drug-likeness (QED) is 0.833. The van der Waals surface area contributed by atoms with E-state index in [1.54, 1.807) is 6.92 Å². The van der Waals surface area contributed by atoms with Crippen molar-refractivity contribution in [1.82, 2.24) is 10.3 Å². The van der Waals surface area contributed by atoms with Crippen LogP contribution in [0.15, 0.2) is 28.7 Å². The van der Waals surface area contributed by atoms with Crippen molar-refractivity contribution in [2.75, 3.05) is 0 Å². The molecule has 0 bridgehead atoms. The predicted octanol–water partition coefficient (Wildman–Crippen LogP) is 2.71. The summed E-state index contributed by atoms with van der Waals surface area (Å²) in [6.07, 6.45) is 0.135. The molecule has 0 radical (unpaired) electrons. The number of aromatic nitrogens is 1. The average molecular weight is 304 g/mol. The first-order valence-electron chi connectivity index (χ1n) is 6.94. The summed E-state index contributed by atoms with van der Waals surface area (Å²) >= 11 is 0. The van der Waals surface area contributed by atoms with E-state index in [9.17, 15) is 14.0 Å². The summed E-state index contributed by atoms with van der Waals surface area (Å²) in [7, 11) is 0. The van der Waals surface area contributed by atoms with E-state index in [1.807, 2.05) is 6.92 Å². The molecule has 0 aliphatic rings. The minimum absolute atomic E-state index is 0.0644. The fourth-order valence-corrected chi connectivity index (χ4v) is 1.88. The second-order valence-electron chi connectivity index (χ2n) is 4.96. The van der Waals surface area contributed by atoms with Crippen LogP contribution in [-0.2, 0) is 11.3 Å². The number of carbonyl (C=O) groups is 2. The lowest BCUT2D eigenvalue weighted by atomic mass is 10.1. The number of hydrogen-bond donors (Lipinski definition) is 1. The van der Waals surface area contributed by atoms with E-state index in [4.69, 9.17) is 4.42 Å². The van der Waals surface area contributed by atoms with Crippen LogP contribution in [-0.4, -0.2) is 16.7 Å². The molecule has 0 atom stereocenters. The normalized spacial score (nSPS) is 10.5. The van der Waals surface area contributed by atoms with Crippen LogP contribution in [0.4, 0.5) is 4.39 Å². The van der Waals surface area contributed by atoms with Crippen LogP contribution in [0.2, 0.25) is 0 Å². The van der Waals surface area contributed by atoms with Gasteiger partial charge in [0.1, 0.15) is 11.6 Å². The fourth-order valence-electron chi connectivity index (χ4n) is 1.88. The van der Waals surface area contributed by atoms with Gasteiger partial charge >= 0.3 is 0 Å². The number of aryl methyl sites for hydroxylation is 2. The maximum Gasteiger partial charge on any atom is 0.220 e. The highest BCUT2D eigenvalue weighted by molar-refractivity contribution is 5.97. The van der Waals surface area contributed by atoms with Crippen molar-refractivity contribution in [3.05, 3.63) is 53.0 Å². The number of benzene rings is 1. The van der Waals surface area contributed by atoms with Gasteiger partial charge in [0.25, 0.3) is 0 Å². The first-order chi connectivity index (χ1) is 10.5. The second kappa shape index (κ2) is 6.98. The monoisotopic (exact) mass is 304 g/mol. The third-order valence-electron chi connectivity index (χ3n) is 3.25. The molecule has 0 spiro atoms. The summed E-state index contributed by atoms with van der Waals surface area (Å²) in [4.78, 5) is 27.7. The van der Waals surface area contributed by atoms with Crippen LogP contribution in [0.1, 0.15) is 40.5 Å². The van der Waals surface area contributed by atoms with E-state index in [1.165, 1.54) is 24.3 Å². The lowest BCUT2D eigenvalue weighted by molar-refractivity contribution is -0.121. The number of carbonyl (C=O) groups excluding carboxylic acids is 2. The Morgan fingerprint density at radius 3 is 2.45 bits per heavy atom. The van der Waals surface area contributed by atoms with Gasteiger partial charge in [-0.15, -0.1) is 0 Å². The van der Waals surface area contributed by atoms with Gasteiger partial charge < -0.3 is 9.73 Å². The molecule has 22 heavy (non-hydrogen) atoms. The van der Waals surface area contributed by atoms with Crippen molar-refractivity contribution in [3.8, 4) is 0 Å². The van der Waals surface area contributed by atoms with Crippen LogP contribution < -0.4 is 5.32 Å². The molecule has 1 N–H and O–H groups in total. The van der Waals surface area contributed by atoms with Gasteiger partial charge in [-0.3, -0.25) is 9.59 Å². The molecular formula is C16H17FN2O3. The van der Waals surface area contributed by atoms with Gasteiger partial charge in [0, 0.05) is 18.4 Å². The molecule has 0 saturated carbocycles. The zero-order chi connectivity index (χ0) is 16.1. The zero-order valence-corrected chi connectivity index (χ0v) is 12.5. The summed E-state index contributed by atoms with van der Waals surface area (Å²) in [5.74, 6) is 0.303. The van der Waals surface area contributed by atoms with Crippen molar-refractivity contribution in [2.45, 2.75) is 33.2 Å². The van der Waals surface area contributed by atoms with Crippen LogP contribution in [0.25, 0.3) is 0 Å². The molecule has 6 heteroatoms. The number of amides is 1. The SMILES string of the molecule is Cc1nc(CNC(=O)CCC(=O)c2ccc(F)cc2)oc1C. The highest BCUT2D eigenvalue weighted by Crippen LogP contribution is 2.09. The number of nitrogens with one attached hydrogen (secondary N) is 1. The van der Waals surface area contributed by atoms with Crippen molar-refractivity contribution in [1.29, 1.82) is 0 Å². The summed E-state index contributed by atoms with van der Waals surface area (Å²) < 4.78 is 18.1. The first kappa shape index (κ1) is 15.9. The van der Waals surface area contributed by atoms with Crippen LogP contribution in [0, 0.1) is 19.7 Å². The van der Waals surface area contributed by atoms with Crippen molar-refractivity contribution < 1.29 is 18.4 Å². The van der Waals surface area contributed by atoms with E-state index < -0.39 is 5.82 Å². The van der Waals surface area contributed by atoms with E-state index in [0.717, 1.165) is 11.5 Å². The van der Waals surface area contributed by atoms with Crippen LogP contribution in [0.3, 0.4) is 0 Å². The Hall–Kier alpha value is -2.50. The van der Waals surface area contributed by atoms with Gasteiger partial charge in [0.15, 0.2) is 5.78 Å². The Morgan fingerprint density at radius 2 is 1.86 bits per heavy atom. The minimum Gasteiger partial charge on any atom is -0.444 e. The molecule has 0 aliphatic heterocycles. The predicted molar refractivity (Wildman–Crippen MR) is 77.8 cm³/mol. The van der Waals surface area contributed by atoms with E-state index in [2.05, 4.69) is 10.3 Å². The largest absolute Gasteiger partial charge is 0.444 e. The number of Topliss-reactive ketones (excluding diaryl/α,β-unsaturated/α-hetero) is 1. The summed E-state index contributed by atoms with van der Waals surface area (Å²) in [5, 5.41) is 2.65. The Balaban J connectivity index is 1.77. The van der Waals surface area contributed by atoms with E-state index in [-0.39, 0.29) is 31.1 Å². The number of ketones is 1. The third-order valence-corrected chi connectivity index (χ3v) is 3.25. The molecule has 0 fully saturated rings. The van der Waals surface area contributed by atoms with E-state index in [0.29, 0.717) is 11.5 Å². The third kappa shape index (κ3) is 4.25. The van der Waals surface area contributed by atoms with Crippen molar-refractivity contribution >= 4 is 11.7 Å². The number of nitrogens with zero attached hydrogens (tertiary/aromatic N) is 1. The summed E-state index contributed by atoms with van der Waals surface area (Å²) in [6.45, 7) is 3.82. The highest BCUT2D eigenvalue weighted by Gasteiger charge is 2.11. The average Bonchev–Trinajstić information content (AvgIpc) is 2.82. The Labute approximate surface area is 127 Å². The topological polar surface area (TPSA) is 72.2 Å². The standard InChI is InChI=1S/C16H17FN2O3/c1-10-11(2)22-16(19-10)9-18-15(21)8-7-14(20)12-3-5-13(17)6-4-12/h3-6H,7-9H2,1-2H3,(H,18,21). The molecule has 2 aromatic rings. The number of rotatable bonds is 6. The van der Waals surface area contributed by atoms with E-state index >= 15 is 0 Å². The molecule has 0 saturated heterocycles. The van der Waals surface area contributed by atoms with Gasteiger partial charge in [-0.1, -0.05) is 0 Å². The summed E-state index contributed by atoms with van der Waals surface area (Å²) in [5.41, 5.74) is 1.18. The van der Waals surface area contributed by atoms with Gasteiger partial charge in [-0.05, 0) is 38.1 Å². The van der Waals surface area contributed by atoms with Gasteiger partial charge in [0.2, 0.25) is 11.8 Å². The Bertz CT molecular complexity index is 658. The lowest BCUT2D eigenvalue weighted by Gasteiger charge is -2.03. The number of hydrogen-bond acceptors (Lipinski definition) is 4. The Morgan fingerprint density at radius 1 is 1.18 bits per heavy atom.